The molecule has 0 aliphatic rings. The summed E-state index contributed by atoms with van der Waals surface area (Å²) in [6.07, 6.45) is 1.13. The lowest BCUT2D eigenvalue weighted by Crippen LogP contribution is -2.23. The first kappa shape index (κ1) is 14.4. The molecule has 0 spiro atoms. The number of thiophene rings is 1. The highest BCUT2D eigenvalue weighted by Gasteiger charge is 2.24. The standard InChI is InChI=1S/C16H23NOS/c1-6-8-17-15(16-10(2)7-9-19-16)14-11(3)12(4)18-13(14)5/h7,9,15,17H,6,8H2,1-5H3. The van der Waals surface area contributed by atoms with Crippen molar-refractivity contribution in [2.24, 2.45) is 0 Å². The zero-order valence-corrected chi connectivity index (χ0v) is 13.3. The molecular formula is C16H23NOS. The van der Waals surface area contributed by atoms with Gasteiger partial charge in [0.15, 0.2) is 0 Å². The monoisotopic (exact) mass is 277 g/mol. The molecule has 0 aromatic carbocycles. The molecule has 3 heteroatoms. The minimum absolute atomic E-state index is 0.261. The summed E-state index contributed by atoms with van der Waals surface area (Å²) in [6.45, 7) is 11.7. The van der Waals surface area contributed by atoms with Crippen molar-refractivity contribution >= 4 is 11.3 Å². The normalized spacial score (nSPS) is 12.9. The minimum Gasteiger partial charge on any atom is -0.466 e. The summed E-state index contributed by atoms with van der Waals surface area (Å²) >= 11 is 1.83. The molecule has 0 amide bonds. The number of rotatable bonds is 5. The van der Waals surface area contributed by atoms with E-state index in [1.165, 1.54) is 21.6 Å². The average Bonchev–Trinajstić information content (AvgIpc) is 2.88. The SMILES string of the molecule is CCCNC(c1sccc1C)c1c(C)oc(C)c1C. The van der Waals surface area contributed by atoms with Crippen LogP contribution < -0.4 is 5.32 Å². The van der Waals surface area contributed by atoms with Gasteiger partial charge >= 0.3 is 0 Å². The maximum atomic E-state index is 5.81. The molecule has 2 nitrogen and oxygen atoms in total. The second-order valence-corrected chi connectivity index (χ2v) is 6.06. The Balaban J connectivity index is 2.46. The summed E-state index contributed by atoms with van der Waals surface area (Å²) in [4.78, 5) is 1.40. The fraction of sp³-hybridized carbons (Fsp3) is 0.500. The Hall–Kier alpha value is -1.06. The van der Waals surface area contributed by atoms with E-state index in [9.17, 15) is 0 Å². The fourth-order valence-corrected chi connectivity index (χ4v) is 3.54. The van der Waals surface area contributed by atoms with Gasteiger partial charge in [0.25, 0.3) is 0 Å². The van der Waals surface area contributed by atoms with Gasteiger partial charge in [0.1, 0.15) is 11.5 Å². The maximum absolute atomic E-state index is 5.81. The van der Waals surface area contributed by atoms with Gasteiger partial charge in [-0.1, -0.05) is 6.92 Å². The highest BCUT2D eigenvalue weighted by atomic mass is 32.1. The van der Waals surface area contributed by atoms with E-state index in [1.807, 2.05) is 18.3 Å². The predicted octanol–water partition coefficient (Wildman–Crippen LogP) is 4.66. The molecule has 2 aromatic rings. The second-order valence-electron chi connectivity index (χ2n) is 5.11. The number of hydrogen-bond acceptors (Lipinski definition) is 3. The first-order chi connectivity index (χ1) is 9.06. The summed E-state index contributed by atoms with van der Waals surface area (Å²) in [5.74, 6) is 2.07. The molecule has 1 N–H and O–H groups in total. The van der Waals surface area contributed by atoms with E-state index in [0.717, 1.165) is 24.5 Å². The Kier molecular flexibility index (Phi) is 4.48. The van der Waals surface area contributed by atoms with Crippen LogP contribution in [0.4, 0.5) is 0 Å². The Morgan fingerprint density at radius 2 is 1.95 bits per heavy atom. The molecule has 0 aliphatic heterocycles. The third-order valence-corrected chi connectivity index (χ3v) is 4.75. The molecule has 0 saturated heterocycles. The lowest BCUT2D eigenvalue weighted by atomic mass is 9.99. The van der Waals surface area contributed by atoms with Crippen LogP contribution in [0.25, 0.3) is 0 Å². The van der Waals surface area contributed by atoms with Crippen molar-refractivity contribution in [1.82, 2.24) is 5.32 Å². The third kappa shape index (κ3) is 2.77. The van der Waals surface area contributed by atoms with E-state index in [2.05, 4.69) is 44.5 Å². The van der Waals surface area contributed by atoms with Crippen LogP contribution >= 0.6 is 11.3 Å². The molecule has 19 heavy (non-hydrogen) atoms. The second kappa shape index (κ2) is 5.93. The molecule has 0 bridgehead atoms. The van der Waals surface area contributed by atoms with Crippen LogP contribution in [0.1, 0.15) is 52.5 Å². The first-order valence-corrected chi connectivity index (χ1v) is 7.78. The molecular weight excluding hydrogens is 254 g/mol. The molecule has 1 atom stereocenters. The van der Waals surface area contributed by atoms with Gasteiger partial charge in [0.05, 0.1) is 6.04 Å². The molecule has 0 radical (unpaired) electrons. The van der Waals surface area contributed by atoms with Gasteiger partial charge in [-0.2, -0.15) is 0 Å². The zero-order chi connectivity index (χ0) is 14.0. The Morgan fingerprint density at radius 1 is 1.21 bits per heavy atom. The van der Waals surface area contributed by atoms with Crippen LogP contribution in [-0.4, -0.2) is 6.54 Å². The smallest absolute Gasteiger partial charge is 0.106 e. The minimum atomic E-state index is 0.261. The van der Waals surface area contributed by atoms with Crippen LogP contribution in [0.15, 0.2) is 15.9 Å². The zero-order valence-electron chi connectivity index (χ0n) is 12.5. The van der Waals surface area contributed by atoms with Crippen molar-refractivity contribution in [3.8, 4) is 0 Å². The van der Waals surface area contributed by atoms with E-state index in [0.29, 0.717) is 0 Å². The lowest BCUT2D eigenvalue weighted by Gasteiger charge is -2.19. The average molecular weight is 277 g/mol. The van der Waals surface area contributed by atoms with Crippen molar-refractivity contribution in [3.05, 3.63) is 44.5 Å². The van der Waals surface area contributed by atoms with Gasteiger partial charge < -0.3 is 9.73 Å². The van der Waals surface area contributed by atoms with Crippen molar-refractivity contribution in [2.45, 2.75) is 47.1 Å². The maximum Gasteiger partial charge on any atom is 0.106 e. The molecule has 104 valence electrons. The molecule has 2 rings (SSSR count). The highest BCUT2D eigenvalue weighted by Crippen LogP contribution is 2.35. The van der Waals surface area contributed by atoms with E-state index in [1.54, 1.807) is 0 Å². The van der Waals surface area contributed by atoms with Crippen LogP contribution in [0.2, 0.25) is 0 Å². The Labute approximate surface area is 119 Å². The number of hydrogen-bond donors (Lipinski definition) is 1. The van der Waals surface area contributed by atoms with Gasteiger partial charge in [-0.3, -0.25) is 0 Å². The number of aryl methyl sites for hydroxylation is 3. The Morgan fingerprint density at radius 3 is 2.42 bits per heavy atom. The van der Waals surface area contributed by atoms with E-state index >= 15 is 0 Å². The largest absolute Gasteiger partial charge is 0.466 e. The molecule has 2 aromatic heterocycles. The van der Waals surface area contributed by atoms with Crippen LogP contribution in [0.3, 0.4) is 0 Å². The van der Waals surface area contributed by atoms with Crippen LogP contribution in [0.5, 0.6) is 0 Å². The predicted molar refractivity (Wildman–Crippen MR) is 82.1 cm³/mol. The summed E-state index contributed by atoms with van der Waals surface area (Å²) in [5, 5.41) is 5.84. The lowest BCUT2D eigenvalue weighted by molar-refractivity contribution is 0.493. The quantitative estimate of drug-likeness (QED) is 0.859. The summed E-state index contributed by atoms with van der Waals surface area (Å²) in [5.41, 5.74) is 3.95. The van der Waals surface area contributed by atoms with E-state index in [4.69, 9.17) is 4.42 Å². The van der Waals surface area contributed by atoms with Gasteiger partial charge in [-0.05, 0) is 63.2 Å². The third-order valence-electron chi connectivity index (χ3n) is 3.67. The fourth-order valence-electron chi connectivity index (χ4n) is 2.53. The molecule has 0 saturated carbocycles. The highest BCUT2D eigenvalue weighted by molar-refractivity contribution is 7.10. The van der Waals surface area contributed by atoms with Gasteiger partial charge in [-0.15, -0.1) is 11.3 Å². The van der Waals surface area contributed by atoms with E-state index in [-0.39, 0.29) is 6.04 Å². The number of nitrogens with one attached hydrogen (secondary N) is 1. The Bertz CT molecular complexity index is 553. The van der Waals surface area contributed by atoms with Crippen molar-refractivity contribution in [1.29, 1.82) is 0 Å². The molecule has 0 aliphatic carbocycles. The molecule has 0 fully saturated rings. The molecule has 1 unspecified atom stereocenters. The first-order valence-electron chi connectivity index (χ1n) is 6.90. The summed E-state index contributed by atoms with van der Waals surface area (Å²) < 4.78 is 5.81. The van der Waals surface area contributed by atoms with Crippen molar-refractivity contribution < 1.29 is 4.42 Å². The van der Waals surface area contributed by atoms with E-state index < -0.39 is 0 Å². The van der Waals surface area contributed by atoms with Gasteiger partial charge in [-0.25, -0.2) is 0 Å². The van der Waals surface area contributed by atoms with Gasteiger partial charge in [0.2, 0.25) is 0 Å². The molecule has 2 heterocycles. The summed E-state index contributed by atoms with van der Waals surface area (Å²) in [7, 11) is 0. The van der Waals surface area contributed by atoms with Gasteiger partial charge in [0, 0.05) is 10.4 Å². The van der Waals surface area contributed by atoms with Crippen LogP contribution in [-0.2, 0) is 0 Å². The number of furan rings is 1. The topological polar surface area (TPSA) is 25.2 Å². The van der Waals surface area contributed by atoms with Crippen molar-refractivity contribution in [3.63, 3.8) is 0 Å². The summed E-state index contributed by atoms with van der Waals surface area (Å²) in [6, 6.07) is 2.45. The van der Waals surface area contributed by atoms with Crippen molar-refractivity contribution in [2.75, 3.05) is 6.54 Å². The van der Waals surface area contributed by atoms with Crippen LogP contribution in [0, 0.1) is 27.7 Å².